The zero-order valence-corrected chi connectivity index (χ0v) is 16.0. The van der Waals surface area contributed by atoms with Crippen LogP contribution in [-0.2, 0) is 38.1 Å². The van der Waals surface area contributed by atoms with Gasteiger partial charge in [0.25, 0.3) is 0 Å². The Bertz CT molecular complexity index is 629. The Kier molecular flexibility index (Phi) is 6.25. The second-order valence-electron chi connectivity index (χ2n) is 6.44. The lowest BCUT2D eigenvalue weighted by atomic mass is 9.76. The van der Waals surface area contributed by atoms with Gasteiger partial charge in [0.1, 0.15) is 0 Å². The first-order valence-electron chi connectivity index (χ1n) is 8.90. The molecule has 2 bridgehead atoms. The molecule has 0 radical (unpaired) electrons. The number of carbonyl (C=O) groups is 4. The van der Waals surface area contributed by atoms with Crippen LogP contribution in [0, 0.1) is 0 Å². The van der Waals surface area contributed by atoms with E-state index in [9.17, 15) is 19.2 Å². The second kappa shape index (κ2) is 8.08. The maximum absolute atomic E-state index is 12.8. The summed E-state index contributed by atoms with van der Waals surface area (Å²) in [6.07, 6.45) is 1.26. The minimum Gasteiger partial charge on any atom is -0.467 e. The number of ether oxygens (including phenoxy) is 4. The second-order valence-corrected chi connectivity index (χ2v) is 6.44. The van der Waals surface area contributed by atoms with Crippen molar-refractivity contribution in [1.82, 2.24) is 5.32 Å². The van der Waals surface area contributed by atoms with Crippen LogP contribution in [0.5, 0.6) is 0 Å². The third-order valence-electron chi connectivity index (χ3n) is 4.76. The molecule has 150 valence electrons. The monoisotopic (exact) mass is 383 g/mol. The van der Waals surface area contributed by atoms with Crippen molar-refractivity contribution in [3.8, 4) is 0 Å². The lowest BCUT2D eigenvalue weighted by Crippen LogP contribution is -2.55. The van der Waals surface area contributed by atoms with Gasteiger partial charge >= 0.3 is 23.9 Å². The number of rotatable bonds is 8. The Morgan fingerprint density at radius 1 is 0.815 bits per heavy atom. The first kappa shape index (κ1) is 20.9. The smallest absolute Gasteiger partial charge is 0.337 e. The normalized spacial score (nSPS) is 25.9. The number of nitrogens with one attached hydrogen (secondary N) is 1. The van der Waals surface area contributed by atoms with E-state index < -0.39 is 35.0 Å². The highest BCUT2D eigenvalue weighted by Gasteiger charge is 2.70. The molecule has 0 spiro atoms. The lowest BCUT2D eigenvalue weighted by Gasteiger charge is -2.27. The topological polar surface area (TPSA) is 117 Å². The first-order valence-corrected chi connectivity index (χ1v) is 8.90. The summed E-state index contributed by atoms with van der Waals surface area (Å²) < 4.78 is 20.1. The molecular weight excluding hydrogens is 358 g/mol. The standard InChI is InChI=1S/C18H25NO8/c1-5-9-26-13(20)11-12(14(21)27-10-6-2)18(16(23)25-4)8-7-17(11,19-18)15(22)24-3/h19H,5-10H2,1-4H3. The zero-order valence-electron chi connectivity index (χ0n) is 16.0. The van der Waals surface area contributed by atoms with Crippen molar-refractivity contribution in [2.45, 2.75) is 50.6 Å². The maximum Gasteiger partial charge on any atom is 0.337 e. The van der Waals surface area contributed by atoms with Crippen LogP contribution in [0.25, 0.3) is 0 Å². The molecular formula is C18H25NO8. The van der Waals surface area contributed by atoms with Crippen molar-refractivity contribution in [1.29, 1.82) is 0 Å². The molecule has 9 heteroatoms. The predicted molar refractivity (Wildman–Crippen MR) is 91.4 cm³/mol. The number of esters is 4. The van der Waals surface area contributed by atoms with Crippen LogP contribution >= 0.6 is 0 Å². The van der Waals surface area contributed by atoms with E-state index >= 15 is 0 Å². The highest BCUT2D eigenvalue weighted by Crippen LogP contribution is 2.51. The number of hydrogen-bond donors (Lipinski definition) is 1. The number of hydrogen-bond acceptors (Lipinski definition) is 9. The number of carbonyl (C=O) groups excluding carboxylic acids is 4. The van der Waals surface area contributed by atoms with E-state index in [2.05, 4.69) is 5.32 Å². The van der Waals surface area contributed by atoms with E-state index in [1.165, 1.54) is 14.2 Å². The summed E-state index contributed by atoms with van der Waals surface area (Å²) in [6.45, 7) is 3.82. The summed E-state index contributed by atoms with van der Waals surface area (Å²) in [6, 6.07) is 0. The van der Waals surface area contributed by atoms with E-state index in [0.29, 0.717) is 12.8 Å². The van der Waals surface area contributed by atoms with Crippen molar-refractivity contribution in [3.63, 3.8) is 0 Å². The highest BCUT2D eigenvalue weighted by molar-refractivity contribution is 6.15. The molecule has 2 rings (SSSR count). The summed E-state index contributed by atoms with van der Waals surface area (Å²) in [7, 11) is 2.33. The van der Waals surface area contributed by atoms with E-state index in [-0.39, 0.29) is 37.2 Å². The van der Waals surface area contributed by atoms with Gasteiger partial charge in [-0.15, -0.1) is 0 Å². The third-order valence-corrected chi connectivity index (χ3v) is 4.76. The molecule has 2 unspecified atom stereocenters. The maximum atomic E-state index is 12.8. The molecule has 1 saturated heterocycles. The molecule has 2 heterocycles. The fourth-order valence-electron chi connectivity index (χ4n) is 3.61. The molecule has 0 aromatic rings. The number of fused-ring (bicyclic) bond motifs is 2. The third kappa shape index (κ3) is 3.20. The fourth-order valence-corrected chi connectivity index (χ4v) is 3.61. The van der Waals surface area contributed by atoms with Gasteiger partial charge in [0, 0.05) is 0 Å². The molecule has 9 nitrogen and oxygen atoms in total. The van der Waals surface area contributed by atoms with E-state index in [1.54, 1.807) is 0 Å². The molecule has 0 aromatic heterocycles. The van der Waals surface area contributed by atoms with Gasteiger partial charge in [-0.2, -0.15) is 0 Å². The van der Waals surface area contributed by atoms with E-state index in [0.717, 1.165) is 0 Å². The van der Waals surface area contributed by atoms with Crippen molar-refractivity contribution in [2.24, 2.45) is 0 Å². The Balaban J connectivity index is 2.67. The molecule has 0 aromatic carbocycles. The van der Waals surface area contributed by atoms with Gasteiger partial charge in [-0.1, -0.05) is 13.8 Å². The molecule has 1 fully saturated rings. The Labute approximate surface area is 157 Å². The Hall–Kier alpha value is -2.42. The largest absolute Gasteiger partial charge is 0.467 e. The molecule has 0 aliphatic carbocycles. The Morgan fingerprint density at radius 2 is 1.19 bits per heavy atom. The molecule has 2 aliphatic rings. The van der Waals surface area contributed by atoms with E-state index in [4.69, 9.17) is 18.9 Å². The predicted octanol–water partition coefficient (Wildman–Crippen LogP) is 0.410. The number of methoxy groups -OCH3 is 2. The van der Waals surface area contributed by atoms with Gasteiger partial charge in [-0.3, -0.25) is 5.32 Å². The van der Waals surface area contributed by atoms with Crippen LogP contribution in [0.3, 0.4) is 0 Å². The van der Waals surface area contributed by atoms with Gasteiger partial charge < -0.3 is 18.9 Å². The average Bonchev–Trinajstić information content (AvgIpc) is 3.23. The van der Waals surface area contributed by atoms with Crippen molar-refractivity contribution < 1.29 is 38.1 Å². The minimum absolute atomic E-state index is 0.0793. The van der Waals surface area contributed by atoms with Gasteiger partial charge in [-0.05, 0) is 25.7 Å². The fraction of sp³-hybridized carbons (Fsp3) is 0.667. The summed E-state index contributed by atoms with van der Waals surface area (Å²) in [5, 5.41) is 2.85. The van der Waals surface area contributed by atoms with Crippen molar-refractivity contribution >= 4 is 23.9 Å². The molecule has 2 aliphatic heterocycles. The average molecular weight is 383 g/mol. The Morgan fingerprint density at radius 3 is 1.48 bits per heavy atom. The molecule has 0 amide bonds. The SMILES string of the molecule is CCCOC(=O)C1=C(C(=O)OCCC)C2(C(=O)OC)CCC1(C(=O)OC)N2. The summed E-state index contributed by atoms with van der Waals surface area (Å²) in [5.41, 5.74) is -3.79. The molecule has 0 saturated carbocycles. The van der Waals surface area contributed by atoms with Gasteiger partial charge in [0.2, 0.25) is 0 Å². The summed E-state index contributed by atoms with van der Waals surface area (Å²) >= 11 is 0. The van der Waals surface area contributed by atoms with Gasteiger partial charge in [-0.25, -0.2) is 19.2 Å². The molecule has 2 atom stereocenters. The molecule has 1 N–H and O–H groups in total. The van der Waals surface area contributed by atoms with Crippen molar-refractivity contribution in [2.75, 3.05) is 27.4 Å². The minimum atomic E-state index is -1.66. The van der Waals surface area contributed by atoms with Crippen LogP contribution in [0.15, 0.2) is 11.1 Å². The van der Waals surface area contributed by atoms with Crippen LogP contribution < -0.4 is 5.32 Å². The van der Waals surface area contributed by atoms with E-state index in [1.807, 2.05) is 13.8 Å². The summed E-state index contributed by atoms with van der Waals surface area (Å²) in [5.74, 6) is -3.28. The highest BCUT2D eigenvalue weighted by atomic mass is 16.5. The quantitative estimate of drug-likeness (QED) is 0.470. The molecule has 27 heavy (non-hydrogen) atoms. The lowest BCUT2D eigenvalue weighted by molar-refractivity contribution is -0.151. The van der Waals surface area contributed by atoms with Gasteiger partial charge in [0.05, 0.1) is 38.6 Å². The van der Waals surface area contributed by atoms with Crippen LogP contribution in [0.4, 0.5) is 0 Å². The van der Waals surface area contributed by atoms with Crippen molar-refractivity contribution in [3.05, 3.63) is 11.1 Å². The van der Waals surface area contributed by atoms with Crippen LogP contribution in [0.2, 0.25) is 0 Å². The van der Waals surface area contributed by atoms with Gasteiger partial charge in [0.15, 0.2) is 11.1 Å². The van der Waals surface area contributed by atoms with Crippen LogP contribution in [0.1, 0.15) is 39.5 Å². The van der Waals surface area contributed by atoms with Crippen LogP contribution in [-0.4, -0.2) is 62.4 Å². The summed E-state index contributed by atoms with van der Waals surface area (Å²) in [4.78, 5) is 50.7. The zero-order chi connectivity index (χ0) is 20.2. The first-order chi connectivity index (χ1) is 12.8.